The Hall–Kier alpha value is -1.95. The molecule has 0 saturated carbocycles. The molecule has 2 rings (SSSR count). The summed E-state index contributed by atoms with van der Waals surface area (Å²) in [5, 5.41) is 5.99. The van der Waals surface area contributed by atoms with E-state index in [0.29, 0.717) is 12.2 Å². The molecule has 6 heteroatoms. The highest BCUT2D eigenvalue weighted by atomic mass is 19.1. The fourth-order valence-corrected chi connectivity index (χ4v) is 2.80. The standard InChI is InChI=1S/C15H20FN3O2/c1-2-5-15(6-7-18-9-15)14(21)19-10-3-4-12(16)11(8-10)13(17)20/h3-4,8,18H,2,5-7,9H2,1H3,(H2,17,20)(H,19,21). The quantitative estimate of drug-likeness (QED) is 0.771. The molecule has 1 saturated heterocycles. The van der Waals surface area contributed by atoms with Crippen LogP contribution in [-0.2, 0) is 4.79 Å². The lowest BCUT2D eigenvalue weighted by atomic mass is 9.81. The highest BCUT2D eigenvalue weighted by molar-refractivity contribution is 5.98. The molecular formula is C15H20FN3O2. The number of hydrogen-bond donors (Lipinski definition) is 3. The molecule has 0 aliphatic carbocycles. The lowest BCUT2D eigenvalue weighted by molar-refractivity contribution is -0.125. The molecule has 5 nitrogen and oxygen atoms in total. The number of anilines is 1. The Morgan fingerprint density at radius 1 is 1.48 bits per heavy atom. The Kier molecular flexibility index (Phi) is 4.57. The zero-order valence-corrected chi connectivity index (χ0v) is 12.0. The van der Waals surface area contributed by atoms with E-state index in [1.807, 2.05) is 6.92 Å². The van der Waals surface area contributed by atoms with Crippen molar-refractivity contribution in [1.29, 1.82) is 0 Å². The second-order valence-electron chi connectivity index (χ2n) is 5.47. The summed E-state index contributed by atoms with van der Waals surface area (Å²) in [6.07, 6.45) is 2.47. The van der Waals surface area contributed by atoms with Crippen LogP contribution in [0.3, 0.4) is 0 Å². The van der Waals surface area contributed by atoms with Gasteiger partial charge < -0.3 is 16.4 Å². The van der Waals surface area contributed by atoms with Crippen molar-refractivity contribution >= 4 is 17.5 Å². The summed E-state index contributed by atoms with van der Waals surface area (Å²) >= 11 is 0. The van der Waals surface area contributed by atoms with Gasteiger partial charge in [-0.05, 0) is 37.6 Å². The van der Waals surface area contributed by atoms with Crippen molar-refractivity contribution in [2.24, 2.45) is 11.1 Å². The summed E-state index contributed by atoms with van der Waals surface area (Å²) in [6.45, 7) is 3.48. The second-order valence-corrected chi connectivity index (χ2v) is 5.47. The Labute approximate surface area is 123 Å². The number of amides is 2. The van der Waals surface area contributed by atoms with Crippen LogP contribution in [-0.4, -0.2) is 24.9 Å². The Bertz CT molecular complexity index is 554. The minimum absolute atomic E-state index is 0.101. The fraction of sp³-hybridized carbons (Fsp3) is 0.467. The van der Waals surface area contributed by atoms with Gasteiger partial charge >= 0.3 is 0 Å². The molecule has 21 heavy (non-hydrogen) atoms. The van der Waals surface area contributed by atoms with E-state index in [0.717, 1.165) is 31.9 Å². The summed E-state index contributed by atoms with van der Waals surface area (Å²) in [5.74, 6) is -1.64. The molecule has 1 aromatic carbocycles. The SMILES string of the molecule is CCCC1(C(=O)Nc2ccc(F)c(C(N)=O)c2)CCNC1. The smallest absolute Gasteiger partial charge is 0.251 e. The van der Waals surface area contributed by atoms with E-state index in [4.69, 9.17) is 5.73 Å². The van der Waals surface area contributed by atoms with Crippen LogP contribution in [0.2, 0.25) is 0 Å². The summed E-state index contributed by atoms with van der Waals surface area (Å²) < 4.78 is 13.4. The van der Waals surface area contributed by atoms with E-state index in [1.54, 1.807) is 0 Å². The first-order valence-electron chi connectivity index (χ1n) is 7.10. The number of nitrogens with two attached hydrogens (primary N) is 1. The van der Waals surface area contributed by atoms with Crippen molar-refractivity contribution in [2.45, 2.75) is 26.2 Å². The van der Waals surface area contributed by atoms with Gasteiger partial charge in [0.15, 0.2) is 0 Å². The largest absolute Gasteiger partial charge is 0.366 e. The number of halogens is 1. The first kappa shape index (κ1) is 15.4. The summed E-state index contributed by atoms with van der Waals surface area (Å²) in [5.41, 5.74) is 4.84. The van der Waals surface area contributed by atoms with Gasteiger partial charge in [-0.1, -0.05) is 13.3 Å². The van der Waals surface area contributed by atoms with E-state index in [-0.39, 0.29) is 11.5 Å². The summed E-state index contributed by atoms with van der Waals surface area (Å²) in [4.78, 5) is 23.7. The van der Waals surface area contributed by atoms with Crippen LogP contribution >= 0.6 is 0 Å². The van der Waals surface area contributed by atoms with Crippen LogP contribution in [0.4, 0.5) is 10.1 Å². The molecule has 1 unspecified atom stereocenters. The van der Waals surface area contributed by atoms with Crippen molar-refractivity contribution in [3.63, 3.8) is 0 Å². The third kappa shape index (κ3) is 3.21. The average Bonchev–Trinajstić information content (AvgIpc) is 2.91. The van der Waals surface area contributed by atoms with Crippen LogP contribution in [0.5, 0.6) is 0 Å². The number of primary amides is 1. The normalized spacial score (nSPS) is 21.2. The number of hydrogen-bond acceptors (Lipinski definition) is 3. The van der Waals surface area contributed by atoms with Gasteiger partial charge in [0.2, 0.25) is 5.91 Å². The number of carbonyl (C=O) groups is 2. The second kappa shape index (κ2) is 6.22. The third-order valence-corrected chi connectivity index (χ3v) is 3.94. The average molecular weight is 293 g/mol. The van der Waals surface area contributed by atoms with Gasteiger partial charge in [0.25, 0.3) is 5.91 Å². The molecule has 0 radical (unpaired) electrons. The maximum absolute atomic E-state index is 13.4. The molecule has 0 spiro atoms. The molecule has 1 aliphatic heterocycles. The van der Waals surface area contributed by atoms with E-state index in [2.05, 4.69) is 10.6 Å². The van der Waals surface area contributed by atoms with Crippen LogP contribution in [0, 0.1) is 11.2 Å². The lowest BCUT2D eigenvalue weighted by Crippen LogP contribution is -2.38. The van der Waals surface area contributed by atoms with Gasteiger partial charge in [-0.25, -0.2) is 4.39 Å². The lowest BCUT2D eigenvalue weighted by Gasteiger charge is -2.26. The van der Waals surface area contributed by atoms with Crippen LogP contribution in [0.15, 0.2) is 18.2 Å². The zero-order chi connectivity index (χ0) is 15.5. The molecule has 1 aliphatic rings. The van der Waals surface area contributed by atoms with Gasteiger partial charge in [-0.2, -0.15) is 0 Å². The van der Waals surface area contributed by atoms with Gasteiger partial charge in [0.05, 0.1) is 11.0 Å². The Balaban J connectivity index is 2.19. The van der Waals surface area contributed by atoms with Crippen molar-refractivity contribution in [2.75, 3.05) is 18.4 Å². The van der Waals surface area contributed by atoms with Gasteiger partial charge in [0, 0.05) is 12.2 Å². The highest BCUT2D eigenvalue weighted by Gasteiger charge is 2.40. The molecule has 114 valence electrons. The molecule has 1 atom stereocenters. The maximum Gasteiger partial charge on any atom is 0.251 e. The predicted molar refractivity (Wildman–Crippen MR) is 78.4 cm³/mol. The number of nitrogens with one attached hydrogen (secondary N) is 2. The van der Waals surface area contributed by atoms with Gasteiger partial charge in [-0.3, -0.25) is 9.59 Å². The minimum Gasteiger partial charge on any atom is -0.366 e. The van der Waals surface area contributed by atoms with E-state index in [9.17, 15) is 14.0 Å². The summed E-state index contributed by atoms with van der Waals surface area (Å²) in [6, 6.07) is 3.84. The van der Waals surface area contributed by atoms with Crippen molar-refractivity contribution in [1.82, 2.24) is 5.32 Å². The Morgan fingerprint density at radius 2 is 2.24 bits per heavy atom. The molecule has 2 amide bonds. The monoisotopic (exact) mass is 293 g/mol. The molecule has 1 aromatic rings. The van der Waals surface area contributed by atoms with Crippen molar-refractivity contribution < 1.29 is 14.0 Å². The first-order valence-corrected chi connectivity index (χ1v) is 7.10. The van der Waals surface area contributed by atoms with Crippen LogP contribution in [0.1, 0.15) is 36.5 Å². The van der Waals surface area contributed by atoms with E-state index in [1.165, 1.54) is 12.1 Å². The van der Waals surface area contributed by atoms with Gasteiger partial charge in [0.1, 0.15) is 5.82 Å². The van der Waals surface area contributed by atoms with Crippen molar-refractivity contribution in [3.05, 3.63) is 29.6 Å². The van der Waals surface area contributed by atoms with E-state index >= 15 is 0 Å². The number of rotatable bonds is 5. The third-order valence-electron chi connectivity index (χ3n) is 3.94. The molecular weight excluding hydrogens is 273 g/mol. The highest BCUT2D eigenvalue weighted by Crippen LogP contribution is 2.32. The predicted octanol–water partition coefficient (Wildman–Crippen LogP) is 1.64. The number of carbonyl (C=O) groups excluding carboxylic acids is 2. The maximum atomic E-state index is 13.4. The number of benzene rings is 1. The zero-order valence-electron chi connectivity index (χ0n) is 12.0. The van der Waals surface area contributed by atoms with Crippen LogP contribution < -0.4 is 16.4 Å². The van der Waals surface area contributed by atoms with Crippen LogP contribution in [0.25, 0.3) is 0 Å². The minimum atomic E-state index is -0.852. The first-order chi connectivity index (χ1) is 9.98. The molecule has 0 aromatic heterocycles. The molecule has 1 heterocycles. The fourth-order valence-electron chi connectivity index (χ4n) is 2.80. The van der Waals surface area contributed by atoms with E-state index < -0.39 is 17.1 Å². The molecule has 0 bridgehead atoms. The summed E-state index contributed by atoms with van der Waals surface area (Å²) in [7, 11) is 0. The topological polar surface area (TPSA) is 84.2 Å². The Morgan fingerprint density at radius 3 is 2.81 bits per heavy atom. The molecule has 1 fully saturated rings. The molecule has 4 N–H and O–H groups in total. The van der Waals surface area contributed by atoms with Gasteiger partial charge in [-0.15, -0.1) is 0 Å². The van der Waals surface area contributed by atoms with Crippen molar-refractivity contribution in [3.8, 4) is 0 Å².